The molecule has 5 nitrogen and oxygen atoms in total. The normalized spacial score (nSPS) is 11.1. The molecular formula is C13H15FO5S. The van der Waals surface area contributed by atoms with Crippen molar-refractivity contribution < 1.29 is 27.1 Å². The number of hydrogen-bond acceptors (Lipinski definition) is 5. The number of ketones is 1. The third-order valence-electron chi connectivity index (χ3n) is 2.34. The lowest BCUT2D eigenvalue weighted by Crippen LogP contribution is -2.25. The molecule has 0 aromatic heterocycles. The van der Waals surface area contributed by atoms with E-state index in [9.17, 15) is 22.4 Å². The lowest BCUT2D eigenvalue weighted by molar-refractivity contribution is -0.139. The Morgan fingerprint density at radius 1 is 1.15 bits per heavy atom. The van der Waals surface area contributed by atoms with E-state index in [-0.39, 0.29) is 13.0 Å². The van der Waals surface area contributed by atoms with E-state index in [4.69, 9.17) is 0 Å². The second kappa shape index (κ2) is 7.14. The molecule has 0 heterocycles. The van der Waals surface area contributed by atoms with Gasteiger partial charge in [-0.3, -0.25) is 9.59 Å². The van der Waals surface area contributed by atoms with Crippen LogP contribution in [0.15, 0.2) is 24.3 Å². The molecule has 0 spiro atoms. The number of esters is 1. The second-order valence-electron chi connectivity index (χ2n) is 4.18. The number of carbonyl (C=O) groups is 2. The van der Waals surface area contributed by atoms with Gasteiger partial charge in [-0.15, -0.1) is 0 Å². The zero-order valence-electron chi connectivity index (χ0n) is 11.0. The van der Waals surface area contributed by atoms with Gasteiger partial charge >= 0.3 is 5.97 Å². The molecule has 0 saturated heterocycles. The Morgan fingerprint density at radius 2 is 1.75 bits per heavy atom. The molecule has 0 atom stereocenters. The molecule has 0 bridgehead atoms. The van der Waals surface area contributed by atoms with Gasteiger partial charge in [-0.05, 0) is 24.6 Å². The highest BCUT2D eigenvalue weighted by Gasteiger charge is 2.21. The van der Waals surface area contributed by atoms with E-state index >= 15 is 0 Å². The van der Waals surface area contributed by atoms with Crippen LogP contribution < -0.4 is 0 Å². The summed E-state index contributed by atoms with van der Waals surface area (Å²) in [7, 11) is -3.83. The molecule has 1 aromatic rings. The highest BCUT2D eigenvalue weighted by molar-refractivity contribution is 7.92. The quantitative estimate of drug-likeness (QED) is 0.700. The fraction of sp³-hybridized carbons (Fsp3) is 0.385. The monoisotopic (exact) mass is 302 g/mol. The van der Waals surface area contributed by atoms with Crippen LogP contribution in [-0.2, 0) is 30.6 Å². The largest absolute Gasteiger partial charge is 0.465 e. The molecule has 0 aliphatic heterocycles. The predicted molar refractivity (Wildman–Crippen MR) is 70.4 cm³/mol. The molecule has 0 saturated carbocycles. The van der Waals surface area contributed by atoms with E-state index in [1.165, 1.54) is 24.3 Å². The van der Waals surface area contributed by atoms with Crippen LogP contribution >= 0.6 is 0 Å². The van der Waals surface area contributed by atoms with Crippen molar-refractivity contribution in [1.29, 1.82) is 0 Å². The number of sulfone groups is 1. The van der Waals surface area contributed by atoms with Crippen molar-refractivity contribution in [2.45, 2.75) is 13.3 Å². The fourth-order valence-electron chi connectivity index (χ4n) is 1.56. The molecule has 0 amide bonds. The van der Waals surface area contributed by atoms with Crippen LogP contribution in [0, 0.1) is 5.82 Å². The summed E-state index contributed by atoms with van der Waals surface area (Å²) < 4.78 is 40.4. The van der Waals surface area contributed by atoms with E-state index in [0.717, 1.165) is 0 Å². The fourth-order valence-corrected chi connectivity index (χ4v) is 2.70. The van der Waals surface area contributed by atoms with Crippen molar-refractivity contribution in [3.63, 3.8) is 0 Å². The van der Waals surface area contributed by atoms with Gasteiger partial charge in [0.1, 0.15) is 17.3 Å². The first-order chi connectivity index (χ1) is 9.32. The molecule has 0 unspecified atom stereocenters. The zero-order chi connectivity index (χ0) is 15.2. The van der Waals surface area contributed by atoms with Crippen molar-refractivity contribution in [1.82, 2.24) is 0 Å². The Labute approximate surface area is 116 Å². The Bertz CT molecular complexity index is 577. The van der Waals surface area contributed by atoms with Crippen LogP contribution in [0.4, 0.5) is 4.39 Å². The molecule has 0 aliphatic carbocycles. The van der Waals surface area contributed by atoms with E-state index in [1.807, 2.05) is 0 Å². The molecule has 0 radical (unpaired) electrons. The number of hydrogen-bond donors (Lipinski definition) is 0. The summed E-state index contributed by atoms with van der Waals surface area (Å²) >= 11 is 0. The highest BCUT2D eigenvalue weighted by atomic mass is 32.2. The van der Waals surface area contributed by atoms with E-state index in [0.29, 0.717) is 5.56 Å². The maximum absolute atomic E-state index is 12.7. The first-order valence-corrected chi connectivity index (χ1v) is 7.76. The summed E-state index contributed by atoms with van der Waals surface area (Å²) in [6.07, 6.45) is -0.123. The minimum Gasteiger partial charge on any atom is -0.465 e. The highest BCUT2D eigenvalue weighted by Crippen LogP contribution is 2.05. The average molecular weight is 302 g/mol. The van der Waals surface area contributed by atoms with Crippen LogP contribution in [-0.4, -0.2) is 38.3 Å². The Morgan fingerprint density at radius 3 is 2.30 bits per heavy atom. The summed E-state index contributed by atoms with van der Waals surface area (Å²) in [5, 5.41) is 0. The molecule has 0 aliphatic rings. The predicted octanol–water partition coefficient (Wildman–Crippen LogP) is 0.915. The van der Waals surface area contributed by atoms with Gasteiger partial charge in [-0.25, -0.2) is 12.8 Å². The number of Topliss-reactive ketones (excluding diaryl/α,β-unsaturated/α-hetero) is 1. The van der Waals surface area contributed by atoms with Gasteiger partial charge in [-0.1, -0.05) is 12.1 Å². The number of rotatable bonds is 7. The van der Waals surface area contributed by atoms with Crippen LogP contribution in [0.25, 0.3) is 0 Å². The minimum atomic E-state index is -3.83. The van der Waals surface area contributed by atoms with Gasteiger partial charge < -0.3 is 4.74 Å². The van der Waals surface area contributed by atoms with Crippen LogP contribution in [0.5, 0.6) is 0 Å². The second-order valence-corrected chi connectivity index (χ2v) is 6.24. The lowest BCUT2D eigenvalue weighted by atomic mass is 10.1. The molecule has 0 fully saturated rings. The van der Waals surface area contributed by atoms with Gasteiger partial charge in [0.2, 0.25) is 0 Å². The molecule has 110 valence electrons. The van der Waals surface area contributed by atoms with E-state index < -0.39 is 38.9 Å². The van der Waals surface area contributed by atoms with Crippen molar-refractivity contribution >= 4 is 21.6 Å². The first-order valence-electron chi connectivity index (χ1n) is 5.94. The maximum atomic E-state index is 12.7. The van der Waals surface area contributed by atoms with Crippen LogP contribution in [0.3, 0.4) is 0 Å². The van der Waals surface area contributed by atoms with Gasteiger partial charge in [0.25, 0.3) is 0 Å². The smallest absolute Gasteiger partial charge is 0.321 e. The maximum Gasteiger partial charge on any atom is 0.321 e. The van der Waals surface area contributed by atoms with Crippen molar-refractivity contribution in [3.8, 4) is 0 Å². The third kappa shape index (κ3) is 5.92. The molecule has 0 N–H and O–H groups in total. The number of benzene rings is 1. The SMILES string of the molecule is CCOC(=O)CS(=O)(=O)CC(=O)Cc1ccc(F)cc1. The molecule has 1 aromatic carbocycles. The summed E-state index contributed by atoms with van der Waals surface area (Å²) in [4.78, 5) is 22.7. The van der Waals surface area contributed by atoms with Crippen molar-refractivity contribution in [3.05, 3.63) is 35.6 Å². The number of ether oxygens (including phenoxy) is 1. The van der Waals surface area contributed by atoms with Gasteiger partial charge in [-0.2, -0.15) is 0 Å². The van der Waals surface area contributed by atoms with Gasteiger partial charge in [0, 0.05) is 6.42 Å². The standard InChI is InChI=1S/C13H15FO5S/c1-2-19-13(16)9-20(17,18)8-12(15)7-10-3-5-11(14)6-4-10/h3-6H,2,7-9H2,1H3. The topological polar surface area (TPSA) is 77.5 Å². The van der Waals surface area contributed by atoms with Crippen LogP contribution in [0.1, 0.15) is 12.5 Å². The van der Waals surface area contributed by atoms with Crippen molar-refractivity contribution in [2.24, 2.45) is 0 Å². The molecular weight excluding hydrogens is 287 g/mol. The first kappa shape index (κ1) is 16.3. The summed E-state index contributed by atoms with van der Waals surface area (Å²) in [6, 6.07) is 5.20. The number of carbonyl (C=O) groups excluding carboxylic acids is 2. The summed E-state index contributed by atoms with van der Waals surface area (Å²) in [6.45, 7) is 1.64. The number of halogens is 1. The average Bonchev–Trinajstić information content (AvgIpc) is 2.30. The van der Waals surface area contributed by atoms with Crippen molar-refractivity contribution in [2.75, 3.05) is 18.1 Å². The Balaban J connectivity index is 2.57. The third-order valence-corrected chi connectivity index (χ3v) is 3.78. The summed E-state index contributed by atoms with van der Waals surface area (Å²) in [5.74, 6) is -3.40. The lowest BCUT2D eigenvalue weighted by Gasteiger charge is -2.04. The van der Waals surface area contributed by atoms with Gasteiger partial charge in [0.05, 0.1) is 6.61 Å². The zero-order valence-corrected chi connectivity index (χ0v) is 11.8. The Kier molecular flexibility index (Phi) is 5.82. The summed E-state index contributed by atoms with van der Waals surface area (Å²) in [5.41, 5.74) is 0.516. The molecule has 1 rings (SSSR count). The molecule has 7 heteroatoms. The van der Waals surface area contributed by atoms with Crippen LogP contribution in [0.2, 0.25) is 0 Å². The van der Waals surface area contributed by atoms with Gasteiger partial charge in [0.15, 0.2) is 15.6 Å². The van der Waals surface area contributed by atoms with E-state index in [1.54, 1.807) is 6.92 Å². The Hall–Kier alpha value is -1.76. The van der Waals surface area contributed by atoms with E-state index in [2.05, 4.69) is 4.74 Å². The molecule has 20 heavy (non-hydrogen) atoms. The minimum absolute atomic E-state index is 0.0812.